The minimum Gasteiger partial charge on any atom is -0.652 e. The number of hydrogen-bond donors (Lipinski definition) is 0. The van der Waals surface area contributed by atoms with E-state index in [4.69, 9.17) is 3.79 Å². The van der Waals surface area contributed by atoms with Gasteiger partial charge >= 0.3 is 16.6 Å². The molecule has 0 spiro atoms. The molecule has 0 amide bonds. The Morgan fingerprint density at radius 3 is 3.00 bits per heavy atom. The molecule has 13 heavy (non-hydrogen) atoms. The number of fused-ring (bicyclic) bond motifs is 1. The van der Waals surface area contributed by atoms with Crippen LogP contribution in [0.1, 0.15) is 5.56 Å². The molecule has 0 aliphatic carbocycles. The van der Waals surface area contributed by atoms with E-state index in [-0.39, 0.29) is 0 Å². The Balaban J connectivity index is 2.81. The lowest BCUT2D eigenvalue weighted by atomic mass is 10.1. The summed E-state index contributed by atoms with van der Waals surface area (Å²) in [7, 11) is 0. The van der Waals surface area contributed by atoms with Gasteiger partial charge < -0.3 is 3.79 Å². The van der Waals surface area contributed by atoms with Crippen molar-refractivity contribution in [3.05, 3.63) is 36.0 Å². The van der Waals surface area contributed by atoms with Crippen LogP contribution < -0.4 is 3.79 Å². The number of pyridine rings is 1. The molecule has 2 aromatic rings. The third kappa shape index (κ3) is 1.53. The van der Waals surface area contributed by atoms with E-state index in [9.17, 15) is 0 Å². The number of aryl methyl sites for hydroxylation is 1. The zero-order valence-corrected chi connectivity index (χ0v) is 8.47. The number of nitrogens with zero attached hydrogens (tertiary/aromatic N) is 1. The van der Waals surface area contributed by atoms with Gasteiger partial charge in [-0.15, -0.1) is 0 Å². The van der Waals surface area contributed by atoms with Gasteiger partial charge in [-0.1, -0.05) is 6.07 Å². The molecule has 0 unspecified atom stereocenters. The number of benzene rings is 1. The third-order valence-electron chi connectivity index (χ3n) is 1.94. The molecular weight excluding hydrogens is 177 g/mol. The lowest BCUT2D eigenvalue weighted by molar-refractivity contribution is 0.621. The first-order chi connectivity index (χ1) is 6.31. The monoisotopic (exact) mass is 185 g/mol. The van der Waals surface area contributed by atoms with Crippen LogP contribution in [0.3, 0.4) is 0 Å². The fourth-order valence-corrected chi connectivity index (χ4v) is 1.57. The van der Waals surface area contributed by atoms with Gasteiger partial charge in [-0.2, -0.15) is 0 Å². The summed E-state index contributed by atoms with van der Waals surface area (Å²) in [5.74, 6) is 0.806. The molecular formula is C10H8AlNO. The van der Waals surface area contributed by atoms with E-state index in [2.05, 4.69) is 27.7 Å². The molecule has 62 valence electrons. The minimum absolute atomic E-state index is 0.806. The van der Waals surface area contributed by atoms with Crippen LogP contribution in [0, 0.1) is 6.92 Å². The molecule has 2 radical (unpaired) electrons. The van der Waals surface area contributed by atoms with E-state index >= 15 is 0 Å². The zero-order valence-electron chi connectivity index (χ0n) is 7.32. The maximum Gasteiger partial charge on any atom is 0.482 e. The van der Waals surface area contributed by atoms with Crippen LogP contribution in [-0.4, -0.2) is 21.6 Å². The average Bonchev–Trinajstić information content (AvgIpc) is 2.16. The van der Waals surface area contributed by atoms with Gasteiger partial charge in [0.2, 0.25) is 0 Å². The van der Waals surface area contributed by atoms with E-state index in [1.165, 1.54) is 5.56 Å². The van der Waals surface area contributed by atoms with Gasteiger partial charge in [-0.25, -0.2) is 0 Å². The summed E-state index contributed by atoms with van der Waals surface area (Å²) in [5, 5.41) is 1.11. The number of aromatic nitrogens is 1. The maximum absolute atomic E-state index is 5.16. The molecule has 0 aliphatic heterocycles. The van der Waals surface area contributed by atoms with E-state index in [1.807, 2.05) is 25.1 Å². The predicted octanol–water partition coefficient (Wildman–Crippen LogP) is 2.01. The van der Waals surface area contributed by atoms with Crippen molar-refractivity contribution in [2.24, 2.45) is 0 Å². The molecule has 0 saturated heterocycles. The molecule has 3 heteroatoms. The van der Waals surface area contributed by atoms with Gasteiger partial charge in [0.05, 0.1) is 0 Å². The second-order valence-electron chi connectivity index (χ2n) is 2.96. The maximum atomic E-state index is 5.16. The summed E-state index contributed by atoms with van der Waals surface area (Å²) in [4.78, 5) is 4.25. The molecule has 2 rings (SSSR count). The van der Waals surface area contributed by atoms with Crippen molar-refractivity contribution in [1.82, 2.24) is 4.98 Å². The minimum atomic E-state index is 0.806. The van der Waals surface area contributed by atoms with Gasteiger partial charge in [0, 0.05) is 11.6 Å². The Morgan fingerprint density at radius 2 is 2.23 bits per heavy atom. The number of rotatable bonds is 1. The third-order valence-corrected chi connectivity index (χ3v) is 2.20. The Bertz CT molecular complexity index is 442. The fraction of sp³-hybridized carbons (Fsp3) is 0.100. The molecule has 0 aliphatic rings. The van der Waals surface area contributed by atoms with Crippen molar-refractivity contribution in [1.29, 1.82) is 0 Å². The highest BCUT2D eigenvalue weighted by atomic mass is 27.1. The lowest BCUT2D eigenvalue weighted by Crippen LogP contribution is -1.89. The predicted molar refractivity (Wildman–Crippen MR) is 52.9 cm³/mol. The summed E-state index contributed by atoms with van der Waals surface area (Å²) < 4.78 is 5.16. The van der Waals surface area contributed by atoms with Crippen LogP contribution in [0.2, 0.25) is 0 Å². The van der Waals surface area contributed by atoms with Crippen molar-refractivity contribution in [2.75, 3.05) is 0 Å². The Kier molecular flexibility index (Phi) is 2.22. The van der Waals surface area contributed by atoms with Gasteiger partial charge in [0.1, 0.15) is 11.3 Å². The summed E-state index contributed by atoms with van der Waals surface area (Å²) in [6.07, 6.45) is 1.77. The van der Waals surface area contributed by atoms with Crippen LogP contribution in [0.4, 0.5) is 0 Å². The Hall–Kier alpha value is -1.04. The van der Waals surface area contributed by atoms with Crippen LogP contribution in [0.5, 0.6) is 5.75 Å². The van der Waals surface area contributed by atoms with Crippen molar-refractivity contribution in [2.45, 2.75) is 6.92 Å². The largest absolute Gasteiger partial charge is 0.652 e. The normalized spacial score (nSPS) is 10.2. The summed E-state index contributed by atoms with van der Waals surface area (Å²) >= 11 is 2.25. The quantitative estimate of drug-likeness (QED) is 0.634. The first-order valence-corrected chi connectivity index (χ1v) is 4.50. The van der Waals surface area contributed by atoms with Crippen LogP contribution in [0.25, 0.3) is 10.9 Å². The Morgan fingerprint density at radius 1 is 1.38 bits per heavy atom. The second kappa shape index (κ2) is 3.37. The molecule has 1 aromatic carbocycles. The van der Waals surface area contributed by atoms with Gasteiger partial charge in [0.15, 0.2) is 0 Å². The first kappa shape index (κ1) is 8.56. The highest BCUT2D eigenvalue weighted by molar-refractivity contribution is 6.01. The van der Waals surface area contributed by atoms with Crippen LogP contribution in [0.15, 0.2) is 30.5 Å². The first-order valence-electron chi connectivity index (χ1n) is 4.03. The number of hydrogen-bond acceptors (Lipinski definition) is 2. The molecule has 0 atom stereocenters. The summed E-state index contributed by atoms with van der Waals surface area (Å²) in [6.45, 7) is 2.04. The van der Waals surface area contributed by atoms with Crippen LogP contribution in [-0.2, 0) is 0 Å². The summed E-state index contributed by atoms with van der Waals surface area (Å²) in [6, 6.07) is 8.02. The molecule has 2 nitrogen and oxygen atoms in total. The van der Waals surface area contributed by atoms with Crippen molar-refractivity contribution < 1.29 is 3.79 Å². The lowest BCUT2D eigenvalue weighted by Gasteiger charge is -2.07. The van der Waals surface area contributed by atoms with E-state index in [0.717, 1.165) is 16.7 Å². The molecule has 0 bridgehead atoms. The standard InChI is InChI=1S/C10H9NO.Al/c1-7-5-8-3-2-4-11-10(8)9(12)6-7;/h2-6,12H,1H3;/q;+1/p-1. The van der Waals surface area contributed by atoms with E-state index < -0.39 is 0 Å². The SMILES string of the molecule is Cc1cc([O][Al])c2ncccc2c1. The molecule has 0 fully saturated rings. The van der Waals surface area contributed by atoms with Crippen molar-refractivity contribution in [3.8, 4) is 5.75 Å². The van der Waals surface area contributed by atoms with Crippen LogP contribution >= 0.6 is 0 Å². The molecule has 1 aromatic heterocycles. The van der Waals surface area contributed by atoms with Gasteiger partial charge in [-0.3, -0.25) is 4.98 Å². The highest BCUT2D eigenvalue weighted by Crippen LogP contribution is 2.24. The fourth-order valence-electron chi connectivity index (χ4n) is 1.39. The molecule has 0 N–H and O–H groups in total. The van der Waals surface area contributed by atoms with Gasteiger partial charge in [0.25, 0.3) is 0 Å². The zero-order chi connectivity index (χ0) is 9.26. The highest BCUT2D eigenvalue weighted by Gasteiger charge is 2.01. The molecule has 1 heterocycles. The Labute approximate surface area is 85.3 Å². The average molecular weight is 185 g/mol. The van der Waals surface area contributed by atoms with Gasteiger partial charge in [-0.05, 0) is 30.7 Å². The van der Waals surface area contributed by atoms with Crippen molar-refractivity contribution in [3.63, 3.8) is 0 Å². The van der Waals surface area contributed by atoms with E-state index in [1.54, 1.807) is 6.20 Å². The van der Waals surface area contributed by atoms with E-state index in [0.29, 0.717) is 0 Å². The topological polar surface area (TPSA) is 22.1 Å². The molecule has 0 saturated carbocycles. The summed E-state index contributed by atoms with van der Waals surface area (Å²) in [5.41, 5.74) is 2.08. The van der Waals surface area contributed by atoms with Crippen molar-refractivity contribution >= 4 is 27.5 Å². The smallest absolute Gasteiger partial charge is 0.482 e. The second-order valence-corrected chi connectivity index (χ2v) is 3.19.